The highest BCUT2D eigenvalue weighted by molar-refractivity contribution is 5.95. The van der Waals surface area contributed by atoms with Crippen LogP contribution in [0.1, 0.15) is 29.6 Å². The Hall–Kier alpha value is -2.95. The molecule has 1 fully saturated rings. The standard InChI is InChI=1S/C20H20N4O/c25-20(24-12-4-1-5-13-24)15-8-10-17(11-9-15)22-19-18-7-3-2-6-16(18)14-21-23-19/h2-3,6-11,14H,1,4-5,12-13H2,(H,22,23). The van der Waals surface area contributed by atoms with Crippen LogP contribution in [-0.4, -0.2) is 34.1 Å². The van der Waals surface area contributed by atoms with Crippen molar-refractivity contribution in [3.8, 4) is 0 Å². The van der Waals surface area contributed by atoms with Crippen molar-refractivity contribution in [2.75, 3.05) is 18.4 Å². The highest BCUT2D eigenvalue weighted by Gasteiger charge is 2.17. The first-order chi connectivity index (χ1) is 12.3. The van der Waals surface area contributed by atoms with Crippen LogP contribution in [0.2, 0.25) is 0 Å². The van der Waals surface area contributed by atoms with Gasteiger partial charge in [0, 0.05) is 35.1 Å². The quantitative estimate of drug-likeness (QED) is 0.787. The Labute approximate surface area is 146 Å². The fraction of sp³-hybridized carbons (Fsp3) is 0.250. The third-order valence-corrected chi connectivity index (χ3v) is 4.61. The van der Waals surface area contributed by atoms with E-state index >= 15 is 0 Å². The minimum Gasteiger partial charge on any atom is -0.339 e. The van der Waals surface area contributed by atoms with E-state index in [-0.39, 0.29) is 5.91 Å². The molecule has 5 heteroatoms. The van der Waals surface area contributed by atoms with Crippen molar-refractivity contribution in [1.29, 1.82) is 0 Å². The summed E-state index contributed by atoms with van der Waals surface area (Å²) in [5.41, 5.74) is 1.62. The third-order valence-electron chi connectivity index (χ3n) is 4.61. The number of anilines is 2. The molecular formula is C20H20N4O. The minimum atomic E-state index is 0.121. The van der Waals surface area contributed by atoms with Gasteiger partial charge in [-0.15, -0.1) is 5.10 Å². The Morgan fingerprint density at radius 2 is 1.72 bits per heavy atom. The zero-order valence-electron chi connectivity index (χ0n) is 14.0. The first kappa shape index (κ1) is 15.6. The molecule has 0 aliphatic carbocycles. The molecule has 1 aromatic heterocycles. The molecular weight excluding hydrogens is 312 g/mol. The number of amides is 1. The summed E-state index contributed by atoms with van der Waals surface area (Å²) in [5, 5.41) is 13.6. The lowest BCUT2D eigenvalue weighted by atomic mass is 10.1. The number of aromatic nitrogens is 2. The fourth-order valence-corrected chi connectivity index (χ4v) is 3.23. The summed E-state index contributed by atoms with van der Waals surface area (Å²) in [6.07, 6.45) is 5.18. The Morgan fingerprint density at radius 1 is 0.960 bits per heavy atom. The second-order valence-corrected chi connectivity index (χ2v) is 6.34. The Morgan fingerprint density at radius 3 is 2.52 bits per heavy atom. The second-order valence-electron chi connectivity index (χ2n) is 6.34. The normalized spacial score (nSPS) is 14.5. The number of nitrogens with one attached hydrogen (secondary N) is 1. The lowest BCUT2D eigenvalue weighted by molar-refractivity contribution is 0.0724. The van der Waals surface area contributed by atoms with Gasteiger partial charge >= 0.3 is 0 Å². The van der Waals surface area contributed by atoms with E-state index < -0.39 is 0 Å². The smallest absolute Gasteiger partial charge is 0.253 e. The highest BCUT2D eigenvalue weighted by atomic mass is 16.2. The Bertz CT molecular complexity index is 880. The van der Waals surface area contributed by atoms with Gasteiger partial charge in [0.1, 0.15) is 0 Å². The van der Waals surface area contributed by atoms with Crippen molar-refractivity contribution in [2.24, 2.45) is 0 Å². The number of nitrogens with zero attached hydrogens (tertiary/aromatic N) is 3. The van der Waals surface area contributed by atoms with E-state index in [9.17, 15) is 4.79 Å². The summed E-state index contributed by atoms with van der Waals surface area (Å²) >= 11 is 0. The average molecular weight is 332 g/mol. The monoisotopic (exact) mass is 332 g/mol. The van der Waals surface area contributed by atoms with Crippen molar-refractivity contribution in [3.63, 3.8) is 0 Å². The molecule has 0 radical (unpaired) electrons. The molecule has 4 rings (SSSR count). The number of hydrogen-bond donors (Lipinski definition) is 1. The predicted octanol–water partition coefficient (Wildman–Crippen LogP) is 4.00. The van der Waals surface area contributed by atoms with Gasteiger partial charge in [-0.3, -0.25) is 4.79 Å². The van der Waals surface area contributed by atoms with Gasteiger partial charge in [0.25, 0.3) is 5.91 Å². The van der Waals surface area contributed by atoms with E-state index in [1.807, 2.05) is 53.4 Å². The molecule has 2 aromatic carbocycles. The molecule has 1 aliphatic heterocycles. The molecule has 1 amide bonds. The summed E-state index contributed by atoms with van der Waals surface area (Å²) in [6.45, 7) is 1.73. The van der Waals surface area contributed by atoms with Gasteiger partial charge in [0.2, 0.25) is 0 Å². The molecule has 126 valence electrons. The van der Waals surface area contributed by atoms with Crippen LogP contribution >= 0.6 is 0 Å². The molecule has 2 heterocycles. The van der Waals surface area contributed by atoms with Crippen LogP contribution in [0.15, 0.2) is 54.7 Å². The Kier molecular flexibility index (Phi) is 4.29. The summed E-state index contributed by atoms with van der Waals surface area (Å²) in [4.78, 5) is 14.5. The van der Waals surface area contributed by atoms with E-state index in [1.54, 1.807) is 6.20 Å². The topological polar surface area (TPSA) is 58.1 Å². The summed E-state index contributed by atoms with van der Waals surface area (Å²) in [6, 6.07) is 15.6. The molecule has 0 bridgehead atoms. The number of rotatable bonds is 3. The maximum Gasteiger partial charge on any atom is 0.253 e. The van der Waals surface area contributed by atoms with Gasteiger partial charge < -0.3 is 10.2 Å². The van der Waals surface area contributed by atoms with E-state index in [4.69, 9.17) is 0 Å². The molecule has 25 heavy (non-hydrogen) atoms. The van der Waals surface area contributed by atoms with E-state index in [1.165, 1.54) is 6.42 Å². The SMILES string of the molecule is O=C(c1ccc(Nc2nncc3ccccc23)cc1)N1CCCCC1. The summed E-state index contributed by atoms with van der Waals surface area (Å²) < 4.78 is 0. The molecule has 0 saturated carbocycles. The highest BCUT2D eigenvalue weighted by Crippen LogP contribution is 2.23. The molecule has 0 atom stereocenters. The van der Waals surface area contributed by atoms with Crippen LogP contribution < -0.4 is 5.32 Å². The number of benzene rings is 2. The predicted molar refractivity (Wildman–Crippen MR) is 99.0 cm³/mol. The van der Waals surface area contributed by atoms with E-state index in [2.05, 4.69) is 15.5 Å². The molecule has 1 aliphatic rings. The van der Waals surface area contributed by atoms with Crippen molar-refractivity contribution in [2.45, 2.75) is 19.3 Å². The van der Waals surface area contributed by atoms with Crippen molar-refractivity contribution in [3.05, 3.63) is 60.3 Å². The lowest BCUT2D eigenvalue weighted by Gasteiger charge is -2.26. The zero-order valence-corrected chi connectivity index (χ0v) is 14.0. The number of hydrogen-bond acceptors (Lipinski definition) is 4. The van der Waals surface area contributed by atoms with Crippen LogP contribution in [0.4, 0.5) is 11.5 Å². The molecule has 0 unspecified atom stereocenters. The second kappa shape index (κ2) is 6.89. The molecule has 1 saturated heterocycles. The van der Waals surface area contributed by atoms with Gasteiger partial charge in [-0.1, -0.05) is 24.3 Å². The minimum absolute atomic E-state index is 0.121. The van der Waals surface area contributed by atoms with Crippen molar-refractivity contribution < 1.29 is 4.79 Å². The average Bonchev–Trinajstić information content (AvgIpc) is 2.69. The first-order valence-corrected chi connectivity index (χ1v) is 8.68. The lowest BCUT2D eigenvalue weighted by Crippen LogP contribution is -2.35. The summed E-state index contributed by atoms with van der Waals surface area (Å²) in [5.74, 6) is 0.837. The van der Waals surface area contributed by atoms with Gasteiger partial charge in [-0.25, -0.2) is 0 Å². The molecule has 1 N–H and O–H groups in total. The number of carbonyl (C=O) groups excluding carboxylic acids is 1. The van der Waals surface area contributed by atoms with Gasteiger partial charge in [0.15, 0.2) is 5.82 Å². The van der Waals surface area contributed by atoms with E-state index in [0.717, 1.165) is 48.0 Å². The zero-order chi connectivity index (χ0) is 17.1. The van der Waals surface area contributed by atoms with Crippen LogP contribution in [0.25, 0.3) is 10.8 Å². The Balaban J connectivity index is 1.53. The molecule has 5 nitrogen and oxygen atoms in total. The number of likely N-dealkylation sites (tertiary alicyclic amines) is 1. The van der Waals surface area contributed by atoms with E-state index in [0.29, 0.717) is 5.82 Å². The van der Waals surface area contributed by atoms with Crippen LogP contribution in [0.5, 0.6) is 0 Å². The van der Waals surface area contributed by atoms with Crippen molar-refractivity contribution >= 4 is 28.2 Å². The largest absolute Gasteiger partial charge is 0.339 e. The maximum atomic E-state index is 12.5. The summed E-state index contributed by atoms with van der Waals surface area (Å²) in [7, 11) is 0. The number of carbonyl (C=O) groups is 1. The van der Waals surface area contributed by atoms with Crippen LogP contribution in [0.3, 0.4) is 0 Å². The van der Waals surface area contributed by atoms with Crippen molar-refractivity contribution in [1.82, 2.24) is 15.1 Å². The third kappa shape index (κ3) is 3.31. The maximum absolute atomic E-state index is 12.5. The molecule has 0 spiro atoms. The first-order valence-electron chi connectivity index (χ1n) is 8.68. The van der Waals surface area contributed by atoms with Crippen LogP contribution in [-0.2, 0) is 0 Å². The fourth-order valence-electron chi connectivity index (χ4n) is 3.23. The van der Waals surface area contributed by atoms with Gasteiger partial charge in [-0.05, 0) is 43.5 Å². The van der Waals surface area contributed by atoms with Crippen LogP contribution in [0, 0.1) is 0 Å². The van der Waals surface area contributed by atoms with Gasteiger partial charge in [0.05, 0.1) is 6.20 Å². The number of piperidine rings is 1. The molecule has 3 aromatic rings. The van der Waals surface area contributed by atoms with Gasteiger partial charge in [-0.2, -0.15) is 5.10 Å². The number of fused-ring (bicyclic) bond motifs is 1.